The highest BCUT2D eigenvalue weighted by molar-refractivity contribution is 5.37. The molecular formula is C9H12F2N2O2. The van der Waals surface area contributed by atoms with Gasteiger partial charge in [0.15, 0.2) is 0 Å². The Morgan fingerprint density at radius 2 is 2.27 bits per heavy atom. The normalized spacial score (nSPS) is 12.6. The highest BCUT2D eigenvalue weighted by Gasteiger charge is 2.15. The number of alkyl halides is 2. The summed E-state index contributed by atoms with van der Waals surface area (Å²) in [5, 5.41) is 11.4. The summed E-state index contributed by atoms with van der Waals surface area (Å²) in [7, 11) is 1.50. The number of ether oxygens (including phenoxy) is 1. The summed E-state index contributed by atoms with van der Waals surface area (Å²) in [5.74, 6) is 0.991. The molecule has 1 unspecified atom stereocenters. The zero-order valence-electron chi connectivity index (χ0n) is 8.15. The molecule has 4 nitrogen and oxygen atoms in total. The molecule has 1 aromatic heterocycles. The number of pyridine rings is 1. The molecule has 0 spiro atoms. The van der Waals surface area contributed by atoms with Crippen LogP contribution in [0.4, 0.5) is 14.6 Å². The van der Waals surface area contributed by atoms with Crippen molar-refractivity contribution < 1.29 is 18.6 Å². The Bertz CT molecular complexity index is 293. The van der Waals surface area contributed by atoms with Gasteiger partial charge in [0.05, 0.1) is 13.3 Å². The molecule has 15 heavy (non-hydrogen) atoms. The van der Waals surface area contributed by atoms with Gasteiger partial charge in [0.2, 0.25) is 0 Å². The molecule has 1 aromatic rings. The molecule has 0 radical (unpaired) electrons. The van der Waals surface area contributed by atoms with Crippen molar-refractivity contribution in [3.05, 3.63) is 18.3 Å². The number of halogens is 2. The number of methoxy groups -OCH3 is 1. The molecule has 0 saturated heterocycles. The van der Waals surface area contributed by atoms with E-state index in [0.29, 0.717) is 11.6 Å². The number of rotatable bonds is 5. The van der Waals surface area contributed by atoms with Crippen LogP contribution in [0.2, 0.25) is 0 Å². The van der Waals surface area contributed by atoms with E-state index in [1.165, 1.54) is 13.3 Å². The van der Waals surface area contributed by atoms with Gasteiger partial charge in [-0.25, -0.2) is 13.8 Å². The standard InChI is InChI=1S/C9H12F2N2O2/c1-15-6-2-3-8(12-4-6)13-5-7(14)9(10)11/h2-4,7,9,14H,5H2,1H3,(H,12,13). The summed E-state index contributed by atoms with van der Waals surface area (Å²) in [4.78, 5) is 3.89. The number of hydrogen-bond donors (Lipinski definition) is 2. The maximum Gasteiger partial charge on any atom is 0.265 e. The lowest BCUT2D eigenvalue weighted by molar-refractivity contribution is 0.00381. The molecule has 0 saturated carbocycles. The van der Waals surface area contributed by atoms with E-state index in [1.807, 2.05) is 0 Å². The van der Waals surface area contributed by atoms with Gasteiger partial charge in [0.1, 0.15) is 17.7 Å². The van der Waals surface area contributed by atoms with Gasteiger partial charge in [0, 0.05) is 6.54 Å². The van der Waals surface area contributed by atoms with Crippen LogP contribution in [0, 0.1) is 0 Å². The summed E-state index contributed by atoms with van der Waals surface area (Å²) in [6.07, 6.45) is -2.98. The molecule has 84 valence electrons. The highest BCUT2D eigenvalue weighted by atomic mass is 19.3. The predicted molar refractivity (Wildman–Crippen MR) is 51.3 cm³/mol. The van der Waals surface area contributed by atoms with Crippen LogP contribution in [-0.2, 0) is 0 Å². The van der Waals surface area contributed by atoms with Crippen molar-refractivity contribution in [2.24, 2.45) is 0 Å². The molecule has 1 heterocycles. The molecule has 0 aliphatic carbocycles. The number of aromatic nitrogens is 1. The van der Waals surface area contributed by atoms with Gasteiger partial charge in [-0.15, -0.1) is 0 Å². The fourth-order valence-electron chi connectivity index (χ4n) is 0.904. The van der Waals surface area contributed by atoms with E-state index in [0.717, 1.165) is 0 Å². The summed E-state index contributed by atoms with van der Waals surface area (Å²) < 4.78 is 28.7. The highest BCUT2D eigenvalue weighted by Crippen LogP contribution is 2.11. The first-order chi connectivity index (χ1) is 7.13. The largest absolute Gasteiger partial charge is 0.495 e. The minimum Gasteiger partial charge on any atom is -0.495 e. The van der Waals surface area contributed by atoms with Gasteiger partial charge in [0.25, 0.3) is 6.43 Å². The molecule has 1 rings (SSSR count). The lowest BCUT2D eigenvalue weighted by Gasteiger charge is -2.11. The minimum atomic E-state index is -2.75. The molecule has 0 fully saturated rings. The molecule has 2 N–H and O–H groups in total. The van der Waals surface area contributed by atoms with Gasteiger partial charge in [-0.2, -0.15) is 0 Å². The van der Waals surface area contributed by atoms with Gasteiger partial charge >= 0.3 is 0 Å². The second-order valence-electron chi connectivity index (χ2n) is 2.87. The first-order valence-corrected chi connectivity index (χ1v) is 4.33. The van der Waals surface area contributed by atoms with Crippen LogP contribution in [0.3, 0.4) is 0 Å². The number of nitrogens with zero attached hydrogens (tertiary/aromatic N) is 1. The van der Waals surface area contributed by atoms with Gasteiger partial charge in [-0.05, 0) is 12.1 Å². The van der Waals surface area contributed by atoms with Crippen LogP contribution >= 0.6 is 0 Å². The predicted octanol–water partition coefficient (Wildman–Crippen LogP) is 1.13. The topological polar surface area (TPSA) is 54.4 Å². The van der Waals surface area contributed by atoms with E-state index in [2.05, 4.69) is 10.3 Å². The maximum absolute atomic E-state index is 11.9. The van der Waals surface area contributed by atoms with Crippen LogP contribution in [-0.4, -0.2) is 36.3 Å². The third kappa shape index (κ3) is 3.67. The summed E-state index contributed by atoms with van der Waals surface area (Å²) >= 11 is 0. The van der Waals surface area contributed by atoms with Crippen molar-refractivity contribution in [2.75, 3.05) is 19.0 Å². The van der Waals surface area contributed by atoms with Crippen molar-refractivity contribution in [3.8, 4) is 5.75 Å². The van der Waals surface area contributed by atoms with Crippen LogP contribution in [0.5, 0.6) is 5.75 Å². The molecule has 1 atom stereocenters. The molecule has 0 aromatic carbocycles. The third-order valence-corrected chi connectivity index (χ3v) is 1.76. The summed E-state index contributed by atoms with van der Waals surface area (Å²) in [6, 6.07) is 3.22. The summed E-state index contributed by atoms with van der Waals surface area (Å²) in [5.41, 5.74) is 0. The van der Waals surface area contributed by atoms with E-state index >= 15 is 0 Å². The molecule has 6 heteroatoms. The fourth-order valence-corrected chi connectivity index (χ4v) is 0.904. The van der Waals surface area contributed by atoms with Crippen molar-refractivity contribution in [1.29, 1.82) is 0 Å². The van der Waals surface area contributed by atoms with E-state index in [-0.39, 0.29) is 6.54 Å². The number of anilines is 1. The minimum absolute atomic E-state index is 0.239. The van der Waals surface area contributed by atoms with Crippen molar-refractivity contribution in [1.82, 2.24) is 4.98 Å². The van der Waals surface area contributed by atoms with E-state index in [4.69, 9.17) is 9.84 Å². The zero-order valence-corrected chi connectivity index (χ0v) is 8.15. The Balaban J connectivity index is 2.44. The average molecular weight is 218 g/mol. The number of nitrogens with one attached hydrogen (secondary N) is 1. The van der Waals surface area contributed by atoms with E-state index in [9.17, 15) is 8.78 Å². The van der Waals surface area contributed by atoms with Crippen molar-refractivity contribution in [2.45, 2.75) is 12.5 Å². The van der Waals surface area contributed by atoms with Crippen LogP contribution in [0.15, 0.2) is 18.3 Å². The second kappa shape index (κ2) is 5.45. The Morgan fingerprint density at radius 3 is 2.73 bits per heavy atom. The maximum atomic E-state index is 11.9. The zero-order chi connectivity index (χ0) is 11.3. The molecule has 0 aliphatic heterocycles. The van der Waals surface area contributed by atoms with Crippen LogP contribution in [0.1, 0.15) is 0 Å². The van der Waals surface area contributed by atoms with E-state index in [1.54, 1.807) is 12.1 Å². The Hall–Kier alpha value is -1.43. The van der Waals surface area contributed by atoms with Gasteiger partial charge < -0.3 is 15.2 Å². The Kier molecular flexibility index (Phi) is 4.23. The van der Waals surface area contributed by atoms with Gasteiger partial charge in [-0.3, -0.25) is 0 Å². The number of hydrogen-bond acceptors (Lipinski definition) is 4. The molecular weight excluding hydrogens is 206 g/mol. The summed E-state index contributed by atoms with van der Waals surface area (Å²) in [6.45, 7) is -0.239. The Morgan fingerprint density at radius 1 is 1.53 bits per heavy atom. The molecule has 0 amide bonds. The number of aliphatic hydroxyl groups excluding tert-OH is 1. The van der Waals surface area contributed by atoms with Crippen molar-refractivity contribution >= 4 is 5.82 Å². The monoisotopic (exact) mass is 218 g/mol. The lowest BCUT2D eigenvalue weighted by Crippen LogP contribution is -2.26. The first-order valence-electron chi connectivity index (χ1n) is 4.33. The lowest BCUT2D eigenvalue weighted by atomic mass is 10.3. The quantitative estimate of drug-likeness (QED) is 0.777. The molecule has 0 bridgehead atoms. The smallest absolute Gasteiger partial charge is 0.265 e. The van der Waals surface area contributed by atoms with Crippen molar-refractivity contribution in [3.63, 3.8) is 0 Å². The molecule has 0 aliphatic rings. The van der Waals surface area contributed by atoms with E-state index < -0.39 is 12.5 Å². The SMILES string of the molecule is COc1ccc(NCC(O)C(F)F)nc1. The number of aliphatic hydroxyl groups is 1. The second-order valence-corrected chi connectivity index (χ2v) is 2.87. The fraction of sp³-hybridized carbons (Fsp3) is 0.444. The Labute approximate surface area is 85.9 Å². The van der Waals surface area contributed by atoms with Gasteiger partial charge in [-0.1, -0.05) is 0 Å². The van der Waals surface area contributed by atoms with Crippen LogP contribution < -0.4 is 10.1 Å². The first kappa shape index (κ1) is 11.6. The third-order valence-electron chi connectivity index (χ3n) is 1.76. The average Bonchev–Trinajstić information content (AvgIpc) is 2.26. The van der Waals surface area contributed by atoms with Crippen LogP contribution in [0.25, 0.3) is 0 Å².